The van der Waals surface area contributed by atoms with Gasteiger partial charge < -0.3 is 11.1 Å². The summed E-state index contributed by atoms with van der Waals surface area (Å²) >= 11 is 1.40. The fourth-order valence-corrected chi connectivity index (χ4v) is 3.06. The monoisotopic (exact) mass is 283 g/mol. The number of nitrogens with zero attached hydrogens (tertiary/aromatic N) is 1. The lowest BCUT2D eigenvalue weighted by Crippen LogP contribution is -2.12. The minimum atomic E-state index is -0.198. The molecule has 0 aliphatic heterocycles. The normalized spacial score (nSPS) is 10.7. The molecule has 0 atom stereocenters. The lowest BCUT2D eigenvalue weighted by atomic mass is 10.2. The molecule has 0 saturated heterocycles. The smallest absolute Gasteiger partial charge is 0.267 e. The summed E-state index contributed by atoms with van der Waals surface area (Å²) in [5, 5.41) is 3.75. The van der Waals surface area contributed by atoms with Gasteiger partial charge in [-0.3, -0.25) is 9.78 Å². The van der Waals surface area contributed by atoms with E-state index in [1.807, 2.05) is 37.3 Å². The van der Waals surface area contributed by atoms with Gasteiger partial charge >= 0.3 is 0 Å². The first-order chi connectivity index (χ1) is 9.65. The van der Waals surface area contributed by atoms with E-state index in [2.05, 4.69) is 10.3 Å². The van der Waals surface area contributed by atoms with Crippen LogP contribution in [0.4, 0.5) is 11.4 Å². The Morgan fingerprint density at radius 2 is 2.10 bits per heavy atom. The average Bonchev–Trinajstić information content (AvgIpc) is 2.77. The first kappa shape index (κ1) is 12.6. The molecule has 0 saturated carbocycles. The van der Waals surface area contributed by atoms with Crippen LogP contribution in [0.25, 0.3) is 10.1 Å². The Hall–Kier alpha value is -2.40. The van der Waals surface area contributed by atoms with Crippen LogP contribution in [0.15, 0.2) is 42.7 Å². The van der Waals surface area contributed by atoms with E-state index in [-0.39, 0.29) is 5.91 Å². The van der Waals surface area contributed by atoms with E-state index in [0.29, 0.717) is 16.3 Å². The Morgan fingerprint density at radius 3 is 2.85 bits per heavy atom. The van der Waals surface area contributed by atoms with Crippen LogP contribution in [-0.2, 0) is 0 Å². The number of rotatable bonds is 2. The van der Waals surface area contributed by atoms with Gasteiger partial charge in [-0.25, -0.2) is 0 Å². The fraction of sp³-hybridized carbons (Fsp3) is 0.0667. The number of thiophene rings is 1. The molecule has 1 aromatic carbocycles. The van der Waals surface area contributed by atoms with Gasteiger partial charge in [0.25, 0.3) is 5.91 Å². The Bertz CT molecular complexity index is 795. The second-order valence-corrected chi connectivity index (χ2v) is 5.60. The molecule has 0 bridgehead atoms. The molecule has 0 aliphatic carbocycles. The molecular weight excluding hydrogens is 270 g/mol. The maximum Gasteiger partial charge on any atom is 0.267 e. The summed E-state index contributed by atoms with van der Waals surface area (Å²) in [7, 11) is 0. The van der Waals surface area contributed by atoms with E-state index in [4.69, 9.17) is 5.73 Å². The molecular formula is C15H13N3OS. The second kappa shape index (κ2) is 4.94. The van der Waals surface area contributed by atoms with Crippen LogP contribution in [0, 0.1) is 6.92 Å². The standard InChI is InChI=1S/C15H13N3OS/c1-9-6-10(8-17-7-9)18-15(19)14-13(16)11-4-2-3-5-12(11)20-14/h2-8H,16H2,1H3,(H,18,19). The number of amides is 1. The van der Waals surface area contributed by atoms with Gasteiger partial charge in [0.05, 0.1) is 17.6 Å². The van der Waals surface area contributed by atoms with E-state index >= 15 is 0 Å². The zero-order chi connectivity index (χ0) is 14.1. The minimum Gasteiger partial charge on any atom is -0.397 e. The third kappa shape index (κ3) is 2.23. The summed E-state index contributed by atoms with van der Waals surface area (Å²) in [6.07, 6.45) is 3.36. The minimum absolute atomic E-state index is 0.198. The van der Waals surface area contributed by atoms with Crippen LogP contribution < -0.4 is 11.1 Å². The molecule has 0 aliphatic rings. The van der Waals surface area contributed by atoms with Gasteiger partial charge in [-0.1, -0.05) is 18.2 Å². The summed E-state index contributed by atoms with van der Waals surface area (Å²) in [4.78, 5) is 16.9. The number of hydrogen-bond acceptors (Lipinski definition) is 4. The van der Waals surface area contributed by atoms with Crippen molar-refractivity contribution in [3.63, 3.8) is 0 Å². The lowest BCUT2D eigenvalue weighted by molar-refractivity contribution is 0.103. The molecule has 3 aromatic rings. The summed E-state index contributed by atoms with van der Waals surface area (Å²) in [5.74, 6) is -0.198. The van der Waals surface area contributed by atoms with Crippen LogP contribution in [0.5, 0.6) is 0 Å². The molecule has 1 amide bonds. The van der Waals surface area contributed by atoms with Gasteiger partial charge in [0.1, 0.15) is 4.88 Å². The number of aromatic nitrogens is 1. The third-order valence-electron chi connectivity index (χ3n) is 2.97. The molecule has 20 heavy (non-hydrogen) atoms. The van der Waals surface area contributed by atoms with Gasteiger partial charge in [0, 0.05) is 16.3 Å². The summed E-state index contributed by atoms with van der Waals surface area (Å²) < 4.78 is 1.01. The highest BCUT2D eigenvalue weighted by Gasteiger charge is 2.16. The zero-order valence-electron chi connectivity index (χ0n) is 10.9. The zero-order valence-corrected chi connectivity index (χ0v) is 11.7. The predicted molar refractivity (Wildman–Crippen MR) is 83.2 cm³/mol. The number of fused-ring (bicyclic) bond motifs is 1. The predicted octanol–water partition coefficient (Wildman–Crippen LogP) is 3.44. The average molecular weight is 283 g/mol. The number of hydrogen-bond donors (Lipinski definition) is 2. The van der Waals surface area contributed by atoms with E-state index < -0.39 is 0 Å². The summed E-state index contributed by atoms with van der Waals surface area (Å²) in [6, 6.07) is 9.60. The molecule has 5 heteroatoms. The molecule has 3 N–H and O–H groups in total. The molecule has 0 spiro atoms. The number of anilines is 2. The highest BCUT2D eigenvalue weighted by atomic mass is 32.1. The number of nitrogen functional groups attached to an aromatic ring is 1. The summed E-state index contributed by atoms with van der Waals surface area (Å²) in [5.41, 5.74) is 8.25. The van der Waals surface area contributed by atoms with Crippen LogP contribution in [0.3, 0.4) is 0 Å². The van der Waals surface area contributed by atoms with Crippen molar-refractivity contribution >= 4 is 38.7 Å². The van der Waals surface area contributed by atoms with Crippen molar-refractivity contribution < 1.29 is 4.79 Å². The fourth-order valence-electron chi connectivity index (χ4n) is 2.05. The quantitative estimate of drug-likeness (QED) is 0.757. The topological polar surface area (TPSA) is 68.0 Å². The number of carbonyl (C=O) groups excluding carboxylic acids is 1. The van der Waals surface area contributed by atoms with E-state index in [1.165, 1.54) is 11.3 Å². The number of nitrogens with one attached hydrogen (secondary N) is 1. The molecule has 0 fully saturated rings. The van der Waals surface area contributed by atoms with Gasteiger partial charge in [0.15, 0.2) is 0 Å². The van der Waals surface area contributed by atoms with E-state index in [1.54, 1.807) is 12.4 Å². The second-order valence-electron chi connectivity index (χ2n) is 4.55. The van der Waals surface area contributed by atoms with Gasteiger partial charge in [-0.05, 0) is 24.6 Å². The number of nitrogens with two attached hydrogens (primary N) is 1. The highest BCUT2D eigenvalue weighted by molar-refractivity contribution is 7.21. The van der Waals surface area contributed by atoms with Crippen LogP contribution in [-0.4, -0.2) is 10.9 Å². The Morgan fingerprint density at radius 1 is 1.30 bits per heavy atom. The first-order valence-corrected chi connectivity index (χ1v) is 6.97. The van der Waals surface area contributed by atoms with Gasteiger partial charge in [0.2, 0.25) is 0 Å². The van der Waals surface area contributed by atoms with Crippen molar-refractivity contribution in [1.29, 1.82) is 0 Å². The molecule has 3 rings (SSSR count). The van der Waals surface area contributed by atoms with Crippen LogP contribution >= 0.6 is 11.3 Å². The van der Waals surface area contributed by atoms with E-state index in [0.717, 1.165) is 15.6 Å². The molecule has 4 nitrogen and oxygen atoms in total. The van der Waals surface area contributed by atoms with Crippen molar-refractivity contribution in [2.45, 2.75) is 6.92 Å². The number of carbonyl (C=O) groups is 1. The van der Waals surface area contributed by atoms with Crippen molar-refractivity contribution in [1.82, 2.24) is 4.98 Å². The highest BCUT2D eigenvalue weighted by Crippen LogP contribution is 2.33. The van der Waals surface area contributed by atoms with Crippen LogP contribution in [0.1, 0.15) is 15.2 Å². The SMILES string of the molecule is Cc1cncc(NC(=O)c2sc3ccccc3c2N)c1. The van der Waals surface area contributed by atoms with Crippen molar-refractivity contribution in [3.05, 3.63) is 53.2 Å². The maximum atomic E-state index is 12.3. The first-order valence-electron chi connectivity index (χ1n) is 6.15. The molecule has 2 heterocycles. The van der Waals surface area contributed by atoms with Crippen molar-refractivity contribution in [3.8, 4) is 0 Å². The van der Waals surface area contributed by atoms with Crippen molar-refractivity contribution in [2.24, 2.45) is 0 Å². The molecule has 0 radical (unpaired) electrons. The molecule has 2 aromatic heterocycles. The van der Waals surface area contributed by atoms with E-state index in [9.17, 15) is 4.79 Å². The Kier molecular flexibility index (Phi) is 3.12. The number of pyridine rings is 1. The number of benzene rings is 1. The third-order valence-corrected chi connectivity index (χ3v) is 4.16. The summed E-state index contributed by atoms with van der Waals surface area (Å²) in [6.45, 7) is 1.93. The Labute approximate surface area is 120 Å². The molecule has 100 valence electrons. The maximum absolute atomic E-state index is 12.3. The number of aryl methyl sites for hydroxylation is 1. The molecule has 0 unspecified atom stereocenters. The van der Waals surface area contributed by atoms with Crippen LogP contribution in [0.2, 0.25) is 0 Å². The van der Waals surface area contributed by atoms with Gasteiger partial charge in [-0.2, -0.15) is 0 Å². The Balaban J connectivity index is 1.95. The largest absolute Gasteiger partial charge is 0.397 e. The van der Waals surface area contributed by atoms with Crippen molar-refractivity contribution in [2.75, 3.05) is 11.1 Å². The lowest BCUT2D eigenvalue weighted by Gasteiger charge is -2.04. The van der Waals surface area contributed by atoms with Gasteiger partial charge in [-0.15, -0.1) is 11.3 Å².